The fraction of sp³-hybridized carbons (Fsp3) is 0.364. The summed E-state index contributed by atoms with van der Waals surface area (Å²) in [5.41, 5.74) is 17.7. The van der Waals surface area contributed by atoms with Crippen LogP contribution in [0.2, 0.25) is 0 Å². The van der Waals surface area contributed by atoms with Crippen LogP contribution < -0.4 is 37.6 Å². The minimum Gasteiger partial charge on any atom is -0.393 e. The van der Waals surface area contributed by atoms with Gasteiger partial charge >= 0.3 is 0 Å². The molecule has 1 saturated heterocycles. The van der Waals surface area contributed by atoms with Crippen molar-refractivity contribution in [3.8, 4) is 11.1 Å². The standard InChI is InChI=1S/C33H39B2N11O3/c1-17-28-21(14-40-46(28)19-15-45(16-19)33(34,35)25-10-6-9-23(42-25)31(48)38-2)20-7-5-8-22(29(20)44(17)4)41-24(27(37)32(49)39-3)13-26(36)43-30(47)18-11-12-18/h5-10,13-14,17-19,41H,11-12,15-16,36-37H2,1-4H3,(H,38,48)(H,39,49)(H,43,47)/b26-13+,27-24+/t17-/m1/s1. The van der Waals surface area contributed by atoms with Gasteiger partial charge in [0, 0.05) is 63.0 Å². The van der Waals surface area contributed by atoms with E-state index in [2.05, 4.69) is 38.1 Å². The van der Waals surface area contributed by atoms with E-state index in [0.717, 1.165) is 35.3 Å². The van der Waals surface area contributed by atoms with Crippen molar-refractivity contribution in [3.63, 3.8) is 0 Å². The number of para-hydroxylation sites is 1. The molecule has 1 aliphatic carbocycles. The van der Waals surface area contributed by atoms with Gasteiger partial charge in [0.1, 0.15) is 17.2 Å². The molecule has 4 heterocycles. The largest absolute Gasteiger partial charge is 0.393 e. The van der Waals surface area contributed by atoms with E-state index in [0.29, 0.717) is 24.5 Å². The van der Waals surface area contributed by atoms with Crippen molar-refractivity contribution >= 4 is 44.8 Å². The Morgan fingerprint density at radius 3 is 2.41 bits per heavy atom. The summed E-state index contributed by atoms with van der Waals surface area (Å²) in [6.45, 7) is 3.14. The molecule has 49 heavy (non-hydrogen) atoms. The Morgan fingerprint density at radius 1 is 1.02 bits per heavy atom. The molecule has 1 atom stereocenters. The monoisotopic (exact) mass is 659 g/mol. The first-order valence-electron chi connectivity index (χ1n) is 16.1. The number of likely N-dealkylation sites (N-methyl/N-ethyl adjacent to an activating group) is 1. The lowest BCUT2D eigenvalue weighted by atomic mass is 9.57. The Morgan fingerprint density at radius 2 is 1.73 bits per heavy atom. The molecule has 3 amide bonds. The molecule has 250 valence electrons. The van der Waals surface area contributed by atoms with Crippen molar-refractivity contribution in [3.05, 3.63) is 83.0 Å². The van der Waals surface area contributed by atoms with Gasteiger partial charge in [0.05, 0.1) is 56.7 Å². The highest BCUT2D eigenvalue weighted by atomic mass is 16.2. The predicted octanol–water partition coefficient (Wildman–Crippen LogP) is 0.474. The number of fused-ring (bicyclic) bond motifs is 3. The summed E-state index contributed by atoms with van der Waals surface area (Å²) in [6, 6.07) is 10.7. The van der Waals surface area contributed by atoms with E-state index in [1.807, 2.05) is 41.0 Å². The van der Waals surface area contributed by atoms with Crippen LogP contribution in [0.25, 0.3) is 11.1 Å². The molecule has 3 aliphatic rings. The average molecular weight is 659 g/mol. The van der Waals surface area contributed by atoms with Crippen molar-refractivity contribution in [2.24, 2.45) is 17.4 Å². The second-order valence-electron chi connectivity index (χ2n) is 12.6. The lowest BCUT2D eigenvalue weighted by Crippen LogP contribution is -2.60. The molecule has 1 aromatic carbocycles. The van der Waals surface area contributed by atoms with Crippen LogP contribution in [0.3, 0.4) is 0 Å². The first-order chi connectivity index (χ1) is 23.3. The number of benzene rings is 1. The van der Waals surface area contributed by atoms with Crippen LogP contribution >= 0.6 is 0 Å². The minimum atomic E-state index is -1.39. The number of aromatic nitrogens is 3. The molecule has 4 radical (unpaired) electrons. The van der Waals surface area contributed by atoms with E-state index >= 15 is 0 Å². The Hall–Kier alpha value is -5.24. The summed E-state index contributed by atoms with van der Waals surface area (Å²) >= 11 is 0. The van der Waals surface area contributed by atoms with Crippen molar-refractivity contribution < 1.29 is 14.4 Å². The van der Waals surface area contributed by atoms with Gasteiger partial charge in [0.25, 0.3) is 11.8 Å². The van der Waals surface area contributed by atoms with Crippen LogP contribution in [0.15, 0.2) is 65.9 Å². The number of allylic oxidation sites excluding steroid dienone is 1. The number of nitrogens with two attached hydrogens (primary N) is 2. The number of nitrogens with zero attached hydrogens (tertiary/aromatic N) is 5. The van der Waals surface area contributed by atoms with E-state index in [1.54, 1.807) is 25.2 Å². The number of amides is 3. The fourth-order valence-corrected chi connectivity index (χ4v) is 6.26. The highest BCUT2D eigenvalue weighted by Gasteiger charge is 2.42. The lowest BCUT2D eigenvalue weighted by molar-refractivity contribution is -0.121. The highest BCUT2D eigenvalue weighted by Crippen LogP contribution is 2.49. The zero-order valence-corrected chi connectivity index (χ0v) is 27.9. The maximum atomic E-state index is 12.6. The molecule has 16 heteroatoms. The number of nitrogens with one attached hydrogen (secondary N) is 4. The molecule has 2 aliphatic heterocycles. The molecule has 6 rings (SSSR count). The number of pyridine rings is 1. The summed E-state index contributed by atoms with van der Waals surface area (Å²) < 4.78 is 2.03. The Kier molecular flexibility index (Phi) is 8.92. The molecule has 0 spiro atoms. The molecule has 8 N–H and O–H groups in total. The molecule has 0 unspecified atom stereocenters. The number of hydrogen-bond donors (Lipinski definition) is 6. The third-order valence-corrected chi connectivity index (χ3v) is 9.39. The minimum absolute atomic E-state index is 0.00286. The molecule has 2 aromatic heterocycles. The summed E-state index contributed by atoms with van der Waals surface area (Å²) in [4.78, 5) is 45.5. The number of anilines is 2. The molecular formula is C33H39B2N11O3. The van der Waals surface area contributed by atoms with Crippen LogP contribution in [-0.4, -0.2) is 87.3 Å². The van der Waals surface area contributed by atoms with Gasteiger partial charge in [-0.3, -0.25) is 19.1 Å². The van der Waals surface area contributed by atoms with Crippen LogP contribution in [0, 0.1) is 5.92 Å². The Labute approximate surface area is 287 Å². The summed E-state index contributed by atoms with van der Waals surface area (Å²) in [5.74, 6) is -0.954. The first-order valence-corrected chi connectivity index (χ1v) is 16.1. The lowest BCUT2D eigenvalue weighted by Gasteiger charge is -2.50. The molecule has 2 fully saturated rings. The van der Waals surface area contributed by atoms with Crippen LogP contribution in [0.4, 0.5) is 11.4 Å². The second kappa shape index (κ2) is 13.0. The average Bonchev–Trinajstić information content (AvgIpc) is 3.84. The number of carbonyl (C=O) groups excluding carboxylic acids is 3. The van der Waals surface area contributed by atoms with Crippen molar-refractivity contribution in [2.45, 2.75) is 37.2 Å². The van der Waals surface area contributed by atoms with Crippen molar-refractivity contribution in [2.75, 3.05) is 44.4 Å². The zero-order valence-electron chi connectivity index (χ0n) is 27.9. The fourth-order valence-electron chi connectivity index (χ4n) is 6.26. The third-order valence-electron chi connectivity index (χ3n) is 9.39. The summed E-state index contributed by atoms with van der Waals surface area (Å²) in [5, 5.41) is 14.6. The maximum absolute atomic E-state index is 12.6. The molecule has 14 nitrogen and oxygen atoms in total. The van der Waals surface area contributed by atoms with E-state index in [-0.39, 0.29) is 52.7 Å². The van der Waals surface area contributed by atoms with E-state index in [4.69, 9.17) is 32.3 Å². The summed E-state index contributed by atoms with van der Waals surface area (Å²) in [6.07, 6.45) is 4.97. The predicted molar refractivity (Wildman–Crippen MR) is 188 cm³/mol. The van der Waals surface area contributed by atoms with Crippen molar-refractivity contribution in [1.82, 2.24) is 35.6 Å². The number of likely N-dealkylation sites (tertiary alicyclic amines) is 1. The zero-order chi connectivity index (χ0) is 35.2. The summed E-state index contributed by atoms with van der Waals surface area (Å²) in [7, 11) is 18.2. The Bertz CT molecular complexity index is 1880. The third kappa shape index (κ3) is 6.23. The van der Waals surface area contributed by atoms with Gasteiger partial charge in [-0.2, -0.15) is 5.10 Å². The maximum Gasteiger partial charge on any atom is 0.269 e. The topological polar surface area (TPSA) is 189 Å². The molecule has 0 bridgehead atoms. The van der Waals surface area contributed by atoms with Crippen LogP contribution in [0.5, 0.6) is 0 Å². The van der Waals surface area contributed by atoms with Gasteiger partial charge in [0.15, 0.2) is 0 Å². The second-order valence-corrected chi connectivity index (χ2v) is 12.6. The van der Waals surface area contributed by atoms with Gasteiger partial charge < -0.3 is 42.5 Å². The molecule has 1 saturated carbocycles. The van der Waals surface area contributed by atoms with Crippen molar-refractivity contribution in [1.29, 1.82) is 0 Å². The Balaban J connectivity index is 1.27. The normalized spacial score (nSPS) is 18.4. The van der Waals surface area contributed by atoms with Gasteiger partial charge in [0.2, 0.25) is 5.91 Å². The number of rotatable bonds is 10. The van der Waals surface area contributed by atoms with Gasteiger partial charge in [-0.05, 0) is 43.3 Å². The van der Waals surface area contributed by atoms with E-state index < -0.39 is 11.2 Å². The van der Waals surface area contributed by atoms with Crippen LogP contribution in [-0.2, 0) is 14.9 Å². The first kappa shape index (κ1) is 33.7. The van der Waals surface area contributed by atoms with Gasteiger partial charge in [-0.1, -0.05) is 18.2 Å². The number of hydrogen-bond acceptors (Lipinski definition) is 10. The highest BCUT2D eigenvalue weighted by molar-refractivity contribution is 6.39. The quantitative estimate of drug-likeness (QED) is 0.102. The molecular weight excluding hydrogens is 620 g/mol. The number of carbonyl (C=O) groups is 3. The molecule has 3 aromatic rings. The van der Waals surface area contributed by atoms with E-state index in [9.17, 15) is 14.4 Å². The smallest absolute Gasteiger partial charge is 0.269 e. The van der Waals surface area contributed by atoms with Gasteiger partial charge in [-0.15, -0.1) is 0 Å². The van der Waals surface area contributed by atoms with E-state index in [1.165, 1.54) is 13.1 Å². The van der Waals surface area contributed by atoms with Gasteiger partial charge in [-0.25, -0.2) is 4.98 Å². The van der Waals surface area contributed by atoms with Crippen LogP contribution in [0.1, 0.15) is 53.7 Å². The SMILES string of the molecule is [B]C([B])(c1cccc(C(=O)NC)n1)N1CC(n2ncc3c2[C@@H](C)N(C)c2c(NC(/C=C(\N)NC(=O)C4CC4)=C(/N)C(=O)NC)cccc2-3)C1.